The number of alkyl carbamates (subject to hydrolysis) is 2. The number of hydrogen-bond acceptors (Lipinski definition) is 9. The number of benzene rings is 1. The Balaban J connectivity index is 1.01. The van der Waals surface area contributed by atoms with Crippen LogP contribution >= 0.6 is 0 Å². The number of imidazole rings is 2. The number of H-pyrrole nitrogens is 2. The van der Waals surface area contributed by atoms with Crippen molar-refractivity contribution in [3.05, 3.63) is 88.4 Å². The van der Waals surface area contributed by atoms with Gasteiger partial charge in [-0.05, 0) is 134 Å². The van der Waals surface area contributed by atoms with E-state index in [-0.39, 0.29) is 47.8 Å². The van der Waals surface area contributed by atoms with Crippen molar-refractivity contribution in [1.29, 1.82) is 0 Å². The average Bonchev–Trinajstić information content (AvgIpc) is 4.21. The molecule has 3 saturated heterocycles. The molecule has 0 spiro atoms. The van der Waals surface area contributed by atoms with Gasteiger partial charge in [-0.15, -0.1) is 0 Å². The summed E-state index contributed by atoms with van der Waals surface area (Å²) < 4.78 is 9.66. The van der Waals surface area contributed by atoms with Crippen LogP contribution in [0.25, 0.3) is 16.8 Å². The first-order valence-corrected chi connectivity index (χ1v) is 25.2. The molecule has 4 amide bonds. The van der Waals surface area contributed by atoms with Gasteiger partial charge >= 0.3 is 12.2 Å². The maximum atomic E-state index is 13.9. The Morgan fingerprint density at radius 2 is 1.33 bits per heavy atom. The number of ether oxygens (including phenoxy) is 2. The van der Waals surface area contributed by atoms with Gasteiger partial charge in [-0.1, -0.05) is 65.3 Å². The Bertz CT molecular complexity index is 2610. The number of piperidine rings is 1. The fourth-order valence-corrected chi connectivity index (χ4v) is 12.1. The van der Waals surface area contributed by atoms with Gasteiger partial charge in [0.1, 0.15) is 29.4 Å². The molecule has 5 N–H and O–H groups in total. The Kier molecular flexibility index (Phi) is 13.9. The second kappa shape index (κ2) is 20.1. The number of carbonyl (C=O) groups excluding carboxylic acids is 4. The molecule has 9 unspecified atom stereocenters. The number of allylic oxidation sites excluding steroid dienone is 5. The molecule has 1 saturated carbocycles. The van der Waals surface area contributed by atoms with Crippen LogP contribution in [0.15, 0.2) is 54.4 Å². The largest absolute Gasteiger partial charge is 0.453 e. The molecular formula is C54H69N9O6. The van der Waals surface area contributed by atoms with E-state index in [0.29, 0.717) is 42.4 Å². The normalized spacial score (nSPS) is 27.5. The van der Waals surface area contributed by atoms with Gasteiger partial charge in [0.05, 0.1) is 44.4 Å². The lowest BCUT2D eigenvalue weighted by Crippen LogP contribution is -2.51. The molecule has 366 valence electrons. The number of carbonyl (C=O) groups is 4. The molecule has 6 aliphatic rings. The molecule has 4 bridgehead atoms. The Morgan fingerprint density at radius 3 is 1.94 bits per heavy atom. The van der Waals surface area contributed by atoms with Gasteiger partial charge in [0, 0.05) is 36.3 Å². The number of hydrogen-bond donors (Lipinski definition) is 5. The zero-order valence-corrected chi connectivity index (χ0v) is 41.2. The molecule has 9 atom stereocenters. The predicted molar refractivity (Wildman–Crippen MR) is 263 cm³/mol. The van der Waals surface area contributed by atoms with E-state index in [4.69, 9.17) is 19.4 Å². The minimum Gasteiger partial charge on any atom is -0.453 e. The van der Waals surface area contributed by atoms with E-state index in [0.717, 1.165) is 92.4 Å². The zero-order chi connectivity index (χ0) is 48.7. The summed E-state index contributed by atoms with van der Waals surface area (Å²) in [7, 11) is 2.61. The highest BCUT2D eigenvalue weighted by molar-refractivity contribution is 5.87. The van der Waals surface area contributed by atoms with E-state index in [9.17, 15) is 19.2 Å². The fourth-order valence-electron chi connectivity index (χ4n) is 12.1. The topological polar surface area (TPSA) is 187 Å². The summed E-state index contributed by atoms with van der Waals surface area (Å²) in [6.07, 6.45) is 16.5. The molecule has 0 radical (unpaired) electrons. The van der Waals surface area contributed by atoms with E-state index >= 15 is 0 Å². The van der Waals surface area contributed by atoms with Crippen molar-refractivity contribution in [3.63, 3.8) is 0 Å². The molecule has 15 nitrogen and oxygen atoms in total. The summed E-state index contributed by atoms with van der Waals surface area (Å²) in [4.78, 5) is 72.5. The molecule has 1 aromatic carbocycles. The monoisotopic (exact) mass is 940 g/mol. The van der Waals surface area contributed by atoms with Crippen LogP contribution < -0.4 is 16.0 Å². The van der Waals surface area contributed by atoms with Crippen LogP contribution in [0.4, 0.5) is 9.59 Å². The summed E-state index contributed by atoms with van der Waals surface area (Å²) in [5, 5.41) is 9.50. The van der Waals surface area contributed by atoms with E-state index in [2.05, 4.69) is 75.5 Å². The highest BCUT2D eigenvalue weighted by Crippen LogP contribution is 2.52. The fraction of sp³-hybridized carbons (Fsp3) is 0.556. The minimum atomic E-state index is -0.707. The number of methoxy groups -OCH3 is 2. The highest BCUT2D eigenvalue weighted by atomic mass is 16.5. The van der Waals surface area contributed by atoms with Crippen LogP contribution in [-0.4, -0.2) is 93.1 Å². The molecule has 4 aliphatic heterocycles. The molecule has 3 aromatic rings. The lowest BCUT2D eigenvalue weighted by molar-refractivity contribution is -0.136. The van der Waals surface area contributed by atoms with Gasteiger partial charge < -0.3 is 45.2 Å². The van der Waals surface area contributed by atoms with Crippen molar-refractivity contribution < 1.29 is 28.7 Å². The van der Waals surface area contributed by atoms with E-state index < -0.39 is 24.3 Å². The van der Waals surface area contributed by atoms with Gasteiger partial charge in [0.2, 0.25) is 11.8 Å². The number of rotatable bonds is 10. The van der Waals surface area contributed by atoms with Crippen molar-refractivity contribution in [3.8, 4) is 23.1 Å². The molecule has 15 heteroatoms. The number of nitrogens with one attached hydrogen (secondary N) is 5. The summed E-state index contributed by atoms with van der Waals surface area (Å²) in [6, 6.07) is 3.16. The van der Waals surface area contributed by atoms with Crippen molar-refractivity contribution in [2.45, 2.75) is 135 Å². The van der Waals surface area contributed by atoms with Gasteiger partial charge in [-0.3, -0.25) is 9.59 Å². The first-order valence-electron chi connectivity index (χ1n) is 25.2. The maximum absolute atomic E-state index is 13.9. The number of likely N-dealkylation sites (tertiary alicyclic amines) is 2. The quantitative estimate of drug-likeness (QED) is 0.124. The second-order valence-corrected chi connectivity index (χ2v) is 20.9. The molecule has 2 aromatic heterocycles. The third kappa shape index (κ3) is 9.61. The van der Waals surface area contributed by atoms with Crippen LogP contribution in [0.1, 0.15) is 157 Å². The lowest BCUT2D eigenvalue weighted by Gasteiger charge is -2.30. The van der Waals surface area contributed by atoms with Gasteiger partial charge in [-0.25, -0.2) is 19.6 Å². The maximum Gasteiger partial charge on any atom is 0.407 e. The van der Waals surface area contributed by atoms with Gasteiger partial charge in [0.25, 0.3) is 0 Å². The van der Waals surface area contributed by atoms with Crippen LogP contribution in [0.3, 0.4) is 0 Å². The third-order valence-corrected chi connectivity index (χ3v) is 15.6. The number of aromatic nitrogens is 4. The minimum absolute atomic E-state index is 0.115. The van der Waals surface area contributed by atoms with Gasteiger partial charge in [0.15, 0.2) is 0 Å². The second-order valence-electron chi connectivity index (χ2n) is 20.9. The first-order chi connectivity index (χ1) is 33.2. The van der Waals surface area contributed by atoms with Crippen molar-refractivity contribution in [1.82, 2.24) is 45.7 Å². The van der Waals surface area contributed by atoms with Crippen LogP contribution in [0, 0.1) is 41.4 Å². The SMILES string of the molecule is C=C1/C(C#Cc2cnc(C3CCCN3C(=O)C(NC(=O)OC)C(C)C)[nH]2)=C\C=C(\c2ccc(-c3cnc(C4CCCN4C(=O)C(NC(=O)OC)C(C)C)[nH]3)c3c2C2CC(C)CC3N2)CC2CCC1C2. The zero-order valence-electron chi connectivity index (χ0n) is 41.2. The van der Waals surface area contributed by atoms with Gasteiger partial charge in [-0.2, -0.15) is 0 Å². The number of fused-ring (bicyclic) bond motifs is 7. The number of amides is 4. The summed E-state index contributed by atoms with van der Waals surface area (Å²) >= 11 is 0. The van der Waals surface area contributed by atoms with E-state index in [1.807, 2.05) is 43.7 Å². The van der Waals surface area contributed by atoms with Crippen LogP contribution in [0.5, 0.6) is 0 Å². The lowest BCUT2D eigenvalue weighted by atomic mass is 9.84. The summed E-state index contributed by atoms with van der Waals surface area (Å²) in [5.74, 6) is 9.28. The van der Waals surface area contributed by atoms with Crippen LogP contribution in [0.2, 0.25) is 0 Å². The molecule has 69 heavy (non-hydrogen) atoms. The van der Waals surface area contributed by atoms with Crippen molar-refractivity contribution in [2.24, 2.45) is 29.6 Å². The van der Waals surface area contributed by atoms with Crippen molar-refractivity contribution in [2.75, 3.05) is 27.3 Å². The van der Waals surface area contributed by atoms with Crippen molar-refractivity contribution >= 4 is 29.6 Å². The molecule has 9 rings (SSSR count). The molecule has 4 fully saturated rings. The van der Waals surface area contributed by atoms with Crippen LogP contribution in [-0.2, 0) is 19.1 Å². The molecular weight excluding hydrogens is 871 g/mol. The number of aromatic amines is 2. The summed E-state index contributed by atoms with van der Waals surface area (Å²) in [6.45, 7) is 15.9. The molecule has 6 heterocycles. The molecule has 2 aliphatic carbocycles. The third-order valence-electron chi connectivity index (χ3n) is 15.6. The number of nitrogens with zero attached hydrogens (tertiary/aromatic N) is 4. The van der Waals surface area contributed by atoms with E-state index in [1.54, 1.807) is 6.20 Å². The standard InChI is InChI=1S/C54H69N9O6/c1-29(2)47(60-53(66)68-7)51(64)62-21-9-11-43(62)49-55-27-37(57-49)18-17-34-15-16-36(26-33-13-14-35(25-33)32(34)6)38-19-20-39(46-41-24-31(5)23-40(58-41)45(38)46)42-28-56-50(59-42)44-12-10-22-63(44)52(65)48(30(3)4)61-54(67)69-8/h15-16,19-20,27-31,33,35,40-41,43-44,47-48,58H,6,9-14,21-26H2,1-5,7-8H3,(H,55,57)(H,56,59)(H,60,66)(H,61,67)/b34-15-,36-16+. The summed E-state index contributed by atoms with van der Waals surface area (Å²) in [5.41, 5.74) is 10.1. The average molecular weight is 940 g/mol. The Hall–Kier alpha value is -6.14. The van der Waals surface area contributed by atoms with E-state index in [1.165, 1.54) is 36.5 Å². The highest BCUT2D eigenvalue weighted by Gasteiger charge is 2.43. The predicted octanol–water partition coefficient (Wildman–Crippen LogP) is 8.74. The first kappa shape index (κ1) is 47.9. The Labute approximate surface area is 406 Å². The smallest absolute Gasteiger partial charge is 0.407 e. The Morgan fingerprint density at radius 1 is 0.754 bits per heavy atom.